The molecule has 3 N–H and O–H groups in total. The molecule has 1 aromatic carbocycles. The number of fused-ring (bicyclic) bond motifs is 1. The highest BCUT2D eigenvalue weighted by Gasteiger charge is 2.33. The highest BCUT2D eigenvalue weighted by atomic mass is 79.9. The summed E-state index contributed by atoms with van der Waals surface area (Å²) in [6.45, 7) is 0. The molecule has 3 rings (SSSR count). The molecule has 0 atom stereocenters. The van der Waals surface area contributed by atoms with Gasteiger partial charge in [0.25, 0.3) is 0 Å². The van der Waals surface area contributed by atoms with Crippen LogP contribution < -0.4 is 5.73 Å². The summed E-state index contributed by atoms with van der Waals surface area (Å²) in [4.78, 5) is 3.27. The maximum Gasteiger partial charge on any atom is 0.0469 e. The minimum atomic E-state index is -0.121. The van der Waals surface area contributed by atoms with E-state index < -0.39 is 0 Å². The Morgan fingerprint density at radius 2 is 2.00 bits per heavy atom. The van der Waals surface area contributed by atoms with Crippen LogP contribution in [0.5, 0.6) is 0 Å². The fraction of sp³-hybridized carbons (Fsp3) is 0.385. The van der Waals surface area contributed by atoms with E-state index in [1.807, 2.05) is 6.20 Å². The smallest absolute Gasteiger partial charge is 0.0469 e. The van der Waals surface area contributed by atoms with Gasteiger partial charge in [-0.15, -0.1) is 0 Å². The molecule has 2 aromatic rings. The van der Waals surface area contributed by atoms with Gasteiger partial charge in [-0.05, 0) is 40.4 Å². The van der Waals surface area contributed by atoms with Crippen molar-refractivity contribution in [2.45, 2.75) is 31.2 Å². The SMILES string of the molecule is NC1(c2cccc3[nH]cc(Br)c23)CCCC1. The van der Waals surface area contributed by atoms with Gasteiger partial charge in [0.1, 0.15) is 0 Å². The molecule has 2 nitrogen and oxygen atoms in total. The number of benzene rings is 1. The van der Waals surface area contributed by atoms with E-state index in [4.69, 9.17) is 5.73 Å². The molecule has 0 spiro atoms. The highest BCUT2D eigenvalue weighted by Crippen LogP contribution is 2.41. The second-order valence-electron chi connectivity index (χ2n) is 4.73. The first-order valence-corrected chi connectivity index (χ1v) is 6.55. The van der Waals surface area contributed by atoms with Crippen LogP contribution in [0.15, 0.2) is 28.9 Å². The van der Waals surface area contributed by atoms with Crippen LogP contribution >= 0.6 is 15.9 Å². The van der Waals surface area contributed by atoms with Crippen molar-refractivity contribution in [3.63, 3.8) is 0 Å². The molecule has 84 valence electrons. The lowest BCUT2D eigenvalue weighted by Gasteiger charge is -2.25. The summed E-state index contributed by atoms with van der Waals surface area (Å²) in [5.74, 6) is 0. The number of nitrogens with one attached hydrogen (secondary N) is 1. The van der Waals surface area contributed by atoms with Gasteiger partial charge in [0.05, 0.1) is 0 Å². The molecular formula is C13H15BrN2. The van der Waals surface area contributed by atoms with Crippen LogP contribution in [0.2, 0.25) is 0 Å². The van der Waals surface area contributed by atoms with Crippen LogP contribution in [-0.4, -0.2) is 4.98 Å². The van der Waals surface area contributed by atoms with E-state index in [0.29, 0.717) is 0 Å². The fourth-order valence-corrected chi connectivity index (χ4v) is 3.37. The molecule has 0 unspecified atom stereocenters. The summed E-state index contributed by atoms with van der Waals surface area (Å²) in [6.07, 6.45) is 6.68. The number of rotatable bonds is 1. The molecule has 1 saturated carbocycles. The zero-order valence-electron chi connectivity index (χ0n) is 9.09. The van der Waals surface area contributed by atoms with Crippen LogP contribution in [0.25, 0.3) is 10.9 Å². The van der Waals surface area contributed by atoms with Gasteiger partial charge < -0.3 is 10.7 Å². The predicted molar refractivity (Wildman–Crippen MR) is 70.3 cm³/mol. The summed E-state index contributed by atoms with van der Waals surface area (Å²) < 4.78 is 1.12. The Hall–Kier alpha value is -0.800. The average molecular weight is 279 g/mol. The first kappa shape index (κ1) is 10.4. The molecule has 3 heteroatoms. The maximum absolute atomic E-state index is 6.54. The van der Waals surface area contributed by atoms with Crippen molar-refractivity contribution in [2.75, 3.05) is 0 Å². The highest BCUT2D eigenvalue weighted by molar-refractivity contribution is 9.10. The van der Waals surface area contributed by atoms with Crippen LogP contribution in [0, 0.1) is 0 Å². The van der Waals surface area contributed by atoms with E-state index >= 15 is 0 Å². The Kier molecular flexibility index (Phi) is 2.33. The summed E-state index contributed by atoms with van der Waals surface area (Å²) >= 11 is 3.60. The van der Waals surface area contributed by atoms with Crippen LogP contribution in [0.4, 0.5) is 0 Å². The first-order chi connectivity index (χ1) is 7.71. The zero-order chi connectivity index (χ0) is 11.2. The first-order valence-electron chi connectivity index (χ1n) is 5.76. The summed E-state index contributed by atoms with van der Waals surface area (Å²) in [7, 11) is 0. The van der Waals surface area contributed by atoms with Crippen molar-refractivity contribution in [2.24, 2.45) is 5.73 Å². The van der Waals surface area contributed by atoms with E-state index in [0.717, 1.165) is 17.3 Å². The van der Waals surface area contributed by atoms with Gasteiger partial charge in [-0.3, -0.25) is 0 Å². The third-order valence-corrected chi connectivity index (χ3v) is 4.32. The van der Waals surface area contributed by atoms with Gasteiger partial charge in [-0.1, -0.05) is 25.0 Å². The van der Waals surface area contributed by atoms with E-state index in [2.05, 4.69) is 39.1 Å². The van der Waals surface area contributed by atoms with Crippen molar-refractivity contribution in [3.8, 4) is 0 Å². The Morgan fingerprint density at radius 3 is 2.75 bits per heavy atom. The molecule has 1 heterocycles. The molecule has 0 amide bonds. The minimum absolute atomic E-state index is 0.121. The van der Waals surface area contributed by atoms with E-state index in [1.165, 1.54) is 29.3 Å². The van der Waals surface area contributed by atoms with E-state index in [9.17, 15) is 0 Å². The molecule has 1 fully saturated rings. The lowest BCUT2D eigenvalue weighted by Crippen LogP contribution is -2.33. The molecule has 16 heavy (non-hydrogen) atoms. The van der Waals surface area contributed by atoms with E-state index in [1.54, 1.807) is 0 Å². The van der Waals surface area contributed by atoms with Crippen molar-refractivity contribution in [3.05, 3.63) is 34.4 Å². The van der Waals surface area contributed by atoms with Crippen LogP contribution in [0.1, 0.15) is 31.2 Å². The number of halogens is 1. The maximum atomic E-state index is 6.54. The predicted octanol–water partition coefficient (Wildman–Crippen LogP) is 3.66. The molecule has 1 aliphatic carbocycles. The zero-order valence-corrected chi connectivity index (χ0v) is 10.7. The van der Waals surface area contributed by atoms with Crippen molar-refractivity contribution in [1.82, 2.24) is 4.98 Å². The standard InChI is InChI=1S/C13H15BrN2/c14-10-8-16-11-5-3-4-9(12(10)11)13(15)6-1-2-7-13/h3-5,8,16H,1-2,6-7,15H2. The molecule has 0 bridgehead atoms. The Morgan fingerprint density at radius 1 is 1.25 bits per heavy atom. The molecule has 0 saturated heterocycles. The van der Waals surface area contributed by atoms with Gasteiger partial charge in [-0.25, -0.2) is 0 Å². The Bertz CT molecular complexity index is 524. The van der Waals surface area contributed by atoms with Gasteiger partial charge in [0, 0.05) is 27.1 Å². The lowest BCUT2D eigenvalue weighted by molar-refractivity contribution is 0.466. The third kappa shape index (κ3) is 1.42. The van der Waals surface area contributed by atoms with Crippen molar-refractivity contribution >= 4 is 26.8 Å². The van der Waals surface area contributed by atoms with Gasteiger partial charge in [0.2, 0.25) is 0 Å². The molecular weight excluding hydrogens is 264 g/mol. The van der Waals surface area contributed by atoms with Crippen molar-refractivity contribution in [1.29, 1.82) is 0 Å². The molecule has 1 aliphatic rings. The fourth-order valence-electron chi connectivity index (χ4n) is 2.83. The summed E-state index contributed by atoms with van der Waals surface area (Å²) in [6, 6.07) is 6.36. The number of H-pyrrole nitrogens is 1. The second-order valence-corrected chi connectivity index (χ2v) is 5.58. The largest absolute Gasteiger partial charge is 0.360 e. The normalized spacial score (nSPS) is 19.4. The quantitative estimate of drug-likeness (QED) is 0.821. The Labute approximate surface area is 103 Å². The summed E-state index contributed by atoms with van der Waals surface area (Å²) in [5.41, 5.74) is 8.87. The number of hydrogen-bond donors (Lipinski definition) is 2. The number of hydrogen-bond acceptors (Lipinski definition) is 1. The van der Waals surface area contributed by atoms with Crippen LogP contribution in [0.3, 0.4) is 0 Å². The van der Waals surface area contributed by atoms with Crippen molar-refractivity contribution < 1.29 is 0 Å². The van der Waals surface area contributed by atoms with Gasteiger partial charge in [-0.2, -0.15) is 0 Å². The monoisotopic (exact) mass is 278 g/mol. The molecule has 0 aliphatic heterocycles. The second kappa shape index (κ2) is 3.60. The lowest BCUT2D eigenvalue weighted by atomic mass is 9.87. The van der Waals surface area contributed by atoms with Gasteiger partial charge >= 0.3 is 0 Å². The van der Waals surface area contributed by atoms with E-state index in [-0.39, 0.29) is 5.54 Å². The molecule has 0 radical (unpaired) electrons. The third-order valence-electron chi connectivity index (χ3n) is 3.69. The summed E-state index contributed by atoms with van der Waals surface area (Å²) in [5, 5.41) is 1.26. The topological polar surface area (TPSA) is 41.8 Å². The van der Waals surface area contributed by atoms with Crippen LogP contribution in [-0.2, 0) is 5.54 Å². The number of aromatic amines is 1. The number of aromatic nitrogens is 1. The average Bonchev–Trinajstić information content (AvgIpc) is 2.87. The number of nitrogens with two attached hydrogens (primary N) is 1. The Balaban J connectivity index is 2.26. The van der Waals surface area contributed by atoms with Gasteiger partial charge in [0.15, 0.2) is 0 Å². The minimum Gasteiger partial charge on any atom is -0.360 e. The molecule has 1 aromatic heterocycles.